The van der Waals surface area contributed by atoms with Crippen molar-refractivity contribution in [3.05, 3.63) is 0 Å². The first-order valence-electron chi connectivity index (χ1n) is 7.78. The largest absolute Gasteiger partial charge is 0.394 e. The highest BCUT2D eigenvalue weighted by Gasteiger charge is 2.38. The first-order chi connectivity index (χ1) is 9.55. The Morgan fingerprint density at radius 1 is 1.40 bits per heavy atom. The van der Waals surface area contributed by atoms with Crippen molar-refractivity contribution < 1.29 is 14.6 Å². The fraction of sp³-hybridized carbons (Fsp3) is 0.933. The third-order valence-corrected chi connectivity index (χ3v) is 4.81. The van der Waals surface area contributed by atoms with E-state index in [-0.39, 0.29) is 12.5 Å². The van der Waals surface area contributed by atoms with E-state index in [1.165, 1.54) is 19.3 Å². The van der Waals surface area contributed by atoms with Crippen LogP contribution in [0.2, 0.25) is 0 Å². The van der Waals surface area contributed by atoms with Crippen molar-refractivity contribution in [2.75, 3.05) is 33.4 Å². The molecule has 0 aromatic rings. The third-order valence-electron chi connectivity index (χ3n) is 4.81. The lowest BCUT2D eigenvalue weighted by Crippen LogP contribution is -2.59. The molecule has 0 spiro atoms. The molecule has 1 aliphatic carbocycles. The van der Waals surface area contributed by atoms with E-state index in [2.05, 4.69) is 10.2 Å². The SMILES string of the molecule is CN1CCO[C@H](C(=O)N[C@@](C)(CO)C2CCCCC2)C1. The average molecular weight is 284 g/mol. The Balaban J connectivity index is 1.95. The molecular weight excluding hydrogens is 256 g/mol. The van der Waals surface area contributed by atoms with Gasteiger partial charge in [-0.15, -0.1) is 0 Å². The van der Waals surface area contributed by atoms with E-state index < -0.39 is 11.6 Å². The third kappa shape index (κ3) is 3.71. The zero-order chi connectivity index (χ0) is 14.6. The monoisotopic (exact) mass is 284 g/mol. The predicted octanol–water partition coefficient (Wildman–Crippen LogP) is 0.764. The molecular formula is C15H28N2O3. The van der Waals surface area contributed by atoms with E-state index >= 15 is 0 Å². The summed E-state index contributed by atoms with van der Waals surface area (Å²) in [7, 11) is 2.00. The van der Waals surface area contributed by atoms with E-state index in [9.17, 15) is 9.90 Å². The summed E-state index contributed by atoms with van der Waals surface area (Å²) in [6.45, 7) is 4.04. The number of amides is 1. The maximum Gasteiger partial charge on any atom is 0.250 e. The molecule has 2 fully saturated rings. The number of ether oxygens (including phenoxy) is 1. The summed E-state index contributed by atoms with van der Waals surface area (Å²) in [4.78, 5) is 14.5. The number of hydrogen-bond donors (Lipinski definition) is 2. The fourth-order valence-electron chi connectivity index (χ4n) is 3.31. The summed E-state index contributed by atoms with van der Waals surface area (Å²) < 4.78 is 5.55. The van der Waals surface area contributed by atoms with Crippen molar-refractivity contribution in [2.45, 2.75) is 50.7 Å². The van der Waals surface area contributed by atoms with E-state index in [1.54, 1.807) is 0 Å². The minimum absolute atomic E-state index is 0.00797. The van der Waals surface area contributed by atoms with Gasteiger partial charge in [-0.25, -0.2) is 0 Å². The van der Waals surface area contributed by atoms with Crippen LogP contribution in [-0.2, 0) is 9.53 Å². The van der Waals surface area contributed by atoms with Crippen LogP contribution < -0.4 is 5.32 Å². The number of aliphatic hydroxyl groups is 1. The normalized spacial score (nSPS) is 28.9. The van der Waals surface area contributed by atoms with Crippen LogP contribution in [0, 0.1) is 5.92 Å². The van der Waals surface area contributed by atoms with Gasteiger partial charge in [0.25, 0.3) is 5.91 Å². The molecule has 1 amide bonds. The van der Waals surface area contributed by atoms with Crippen molar-refractivity contribution in [2.24, 2.45) is 5.92 Å². The van der Waals surface area contributed by atoms with Crippen LogP contribution >= 0.6 is 0 Å². The van der Waals surface area contributed by atoms with Gasteiger partial charge >= 0.3 is 0 Å². The summed E-state index contributed by atoms with van der Waals surface area (Å²) in [5.41, 5.74) is -0.517. The molecule has 0 bridgehead atoms. The van der Waals surface area contributed by atoms with Gasteiger partial charge < -0.3 is 20.1 Å². The Bertz CT molecular complexity index is 331. The van der Waals surface area contributed by atoms with Crippen LogP contribution in [0.1, 0.15) is 39.0 Å². The molecule has 1 heterocycles. The maximum absolute atomic E-state index is 12.4. The number of morpholine rings is 1. The first-order valence-corrected chi connectivity index (χ1v) is 7.78. The van der Waals surface area contributed by atoms with Crippen LogP contribution in [0.4, 0.5) is 0 Å². The number of hydrogen-bond acceptors (Lipinski definition) is 4. The zero-order valence-electron chi connectivity index (χ0n) is 12.7. The molecule has 0 unspecified atom stereocenters. The second kappa shape index (κ2) is 6.87. The number of carbonyl (C=O) groups is 1. The van der Waals surface area contributed by atoms with Gasteiger partial charge in [0.2, 0.25) is 0 Å². The van der Waals surface area contributed by atoms with E-state index in [0.29, 0.717) is 19.1 Å². The highest BCUT2D eigenvalue weighted by molar-refractivity contribution is 5.82. The molecule has 1 saturated heterocycles. The van der Waals surface area contributed by atoms with Crippen molar-refractivity contribution >= 4 is 5.91 Å². The van der Waals surface area contributed by atoms with Gasteiger partial charge in [-0.1, -0.05) is 19.3 Å². The van der Waals surface area contributed by atoms with Crippen LogP contribution in [0.15, 0.2) is 0 Å². The minimum Gasteiger partial charge on any atom is -0.394 e. The Morgan fingerprint density at radius 2 is 2.10 bits per heavy atom. The van der Waals surface area contributed by atoms with Crippen LogP contribution in [0.3, 0.4) is 0 Å². The average Bonchev–Trinajstić information content (AvgIpc) is 2.48. The van der Waals surface area contributed by atoms with Crippen molar-refractivity contribution in [1.29, 1.82) is 0 Å². The second-order valence-corrected chi connectivity index (χ2v) is 6.52. The Morgan fingerprint density at radius 3 is 2.70 bits per heavy atom. The van der Waals surface area contributed by atoms with Crippen molar-refractivity contribution in [3.63, 3.8) is 0 Å². The highest BCUT2D eigenvalue weighted by atomic mass is 16.5. The molecule has 5 nitrogen and oxygen atoms in total. The quantitative estimate of drug-likeness (QED) is 0.800. The molecule has 20 heavy (non-hydrogen) atoms. The summed E-state index contributed by atoms with van der Waals surface area (Å²) in [6, 6.07) is 0. The molecule has 1 aliphatic heterocycles. The lowest BCUT2D eigenvalue weighted by atomic mass is 9.76. The predicted molar refractivity (Wildman–Crippen MR) is 77.4 cm³/mol. The lowest BCUT2D eigenvalue weighted by Gasteiger charge is -2.40. The first kappa shape index (κ1) is 15.7. The van der Waals surface area contributed by atoms with Gasteiger partial charge in [0.05, 0.1) is 18.8 Å². The molecule has 0 aromatic heterocycles. The molecule has 0 aromatic carbocycles. The van der Waals surface area contributed by atoms with Crippen LogP contribution in [0.25, 0.3) is 0 Å². The maximum atomic E-state index is 12.4. The number of likely N-dealkylation sites (N-methyl/N-ethyl adjacent to an activating group) is 1. The van der Waals surface area contributed by atoms with Gasteiger partial charge in [-0.05, 0) is 32.7 Å². The summed E-state index contributed by atoms with van der Waals surface area (Å²) in [5, 5.41) is 12.8. The summed E-state index contributed by atoms with van der Waals surface area (Å²) in [5.74, 6) is 0.283. The number of nitrogens with zero attached hydrogens (tertiary/aromatic N) is 1. The second-order valence-electron chi connectivity index (χ2n) is 6.52. The Hall–Kier alpha value is -0.650. The molecule has 1 saturated carbocycles. The van der Waals surface area contributed by atoms with Gasteiger partial charge in [-0.2, -0.15) is 0 Å². The standard InChI is InChI=1S/C15H28N2O3/c1-15(11-18,12-6-4-3-5-7-12)16-14(19)13-10-17(2)8-9-20-13/h12-13,18H,3-11H2,1-2H3,(H,16,19)/t13-,15-/m0/s1. The van der Waals surface area contributed by atoms with E-state index in [0.717, 1.165) is 19.4 Å². The van der Waals surface area contributed by atoms with E-state index in [1.807, 2.05) is 14.0 Å². The molecule has 2 N–H and O–H groups in total. The van der Waals surface area contributed by atoms with Crippen LogP contribution in [0.5, 0.6) is 0 Å². The molecule has 5 heteroatoms. The Kier molecular flexibility index (Phi) is 5.41. The molecule has 0 radical (unpaired) electrons. The Labute approximate surface area is 121 Å². The van der Waals surface area contributed by atoms with Crippen molar-refractivity contribution in [3.8, 4) is 0 Å². The number of aliphatic hydroxyl groups excluding tert-OH is 1. The summed E-state index contributed by atoms with van der Waals surface area (Å²) in [6.07, 6.45) is 5.41. The smallest absolute Gasteiger partial charge is 0.250 e. The number of rotatable bonds is 4. The van der Waals surface area contributed by atoms with Gasteiger partial charge in [0.15, 0.2) is 0 Å². The van der Waals surface area contributed by atoms with Gasteiger partial charge in [0, 0.05) is 13.1 Å². The van der Waals surface area contributed by atoms with Gasteiger partial charge in [0.1, 0.15) is 6.10 Å². The summed E-state index contributed by atoms with van der Waals surface area (Å²) >= 11 is 0. The van der Waals surface area contributed by atoms with Crippen molar-refractivity contribution in [1.82, 2.24) is 10.2 Å². The van der Waals surface area contributed by atoms with Gasteiger partial charge in [-0.3, -0.25) is 4.79 Å². The topological polar surface area (TPSA) is 61.8 Å². The number of nitrogens with one attached hydrogen (secondary N) is 1. The molecule has 2 atom stereocenters. The van der Waals surface area contributed by atoms with E-state index in [4.69, 9.17) is 4.74 Å². The molecule has 2 aliphatic rings. The molecule has 116 valence electrons. The fourth-order valence-corrected chi connectivity index (χ4v) is 3.31. The minimum atomic E-state index is -0.517. The molecule has 2 rings (SSSR count). The highest BCUT2D eigenvalue weighted by Crippen LogP contribution is 2.32. The lowest BCUT2D eigenvalue weighted by molar-refractivity contribution is -0.141. The zero-order valence-corrected chi connectivity index (χ0v) is 12.7. The van der Waals surface area contributed by atoms with Crippen LogP contribution in [-0.4, -0.2) is 60.9 Å². The number of carbonyl (C=O) groups excluding carboxylic acids is 1.